The lowest BCUT2D eigenvalue weighted by atomic mass is 10.0. The van der Waals surface area contributed by atoms with Crippen molar-refractivity contribution in [3.05, 3.63) is 132 Å². The number of anilines is 1. The Morgan fingerprint density at radius 3 is 2.20 bits per heavy atom. The van der Waals surface area contributed by atoms with Crippen LogP contribution < -0.4 is 9.64 Å². The van der Waals surface area contributed by atoms with Crippen molar-refractivity contribution >= 4 is 29.5 Å². The lowest BCUT2D eigenvalue weighted by molar-refractivity contribution is 0.00428. The zero-order valence-electron chi connectivity index (χ0n) is 31.8. The Hall–Kier alpha value is -6.43. The summed E-state index contributed by atoms with van der Waals surface area (Å²) in [6.07, 6.45) is 1.83. The first-order valence-corrected chi connectivity index (χ1v) is 19.0. The number of hydrogen-bond acceptors (Lipinski definition) is 8. The van der Waals surface area contributed by atoms with Crippen molar-refractivity contribution in [3.8, 4) is 22.7 Å². The first-order valence-electron chi connectivity index (χ1n) is 19.0. The van der Waals surface area contributed by atoms with Gasteiger partial charge in [-0.15, -0.1) is 0 Å². The highest BCUT2D eigenvalue weighted by Crippen LogP contribution is 2.36. The Balaban J connectivity index is 1.10. The van der Waals surface area contributed by atoms with E-state index in [1.54, 1.807) is 35.5 Å². The number of rotatable bonds is 8. The zero-order valence-corrected chi connectivity index (χ0v) is 31.8. The summed E-state index contributed by atoms with van der Waals surface area (Å²) in [5.41, 5.74) is 4.60. The van der Waals surface area contributed by atoms with E-state index in [0.717, 1.165) is 22.5 Å². The average Bonchev–Trinajstić information content (AvgIpc) is 3.75. The second kappa shape index (κ2) is 15.0. The van der Waals surface area contributed by atoms with Crippen LogP contribution >= 0.6 is 0 Å². The molecule has 12 heteroatoms. The number of hydrogen-bond donors (Lipinski definition) is 0. The first-order chi connectivity index (χ1) is 27.1. The Bertz CT molecular complexity index is 2250. The van der Waals surface area contributed by atoms with Crippen LogP contribution in [0.25, 0.3) is 16.9 Å². The van der Waals surface area contributed by atoms with Gasteiger partial charge in [0.05, 0.1) is 35.1 Å². The molecule has 3 aliphatic rings. The summed E-state index contributed by atoms with van der Waals surface area (Å²) < 4.78 is 13.7. The zero-order chi connectivity index (χ0) is 39.0. The molecular weight excluding hydrogens is 709 g/mol. The van der Waals surface area contributed by atoms with E-state index in [-0.39, 0.29) is 30.3 Å². The van der Waals surface area contributed by atoms with Gasteiger partial charge in [0, 0.05) is 44.0 Å². The SMILES string of the molecule is CC(C)(C)OC(=O)N1CCN(C(=O)c2ncn(-c3ccc4c(c3)N(CCN3C(=O)c5ccccc5C3=O)CCO4)c2-c2ccccc2)[C@H](Cc2ccccc2)C1. The van der Waals surface area contributed by atoms with Crippen LogP contribution in [0, 0.1) is 0 Å². The predicted molar refractivity (Wildman–Crippen MR) is 211 cm³/mol. The van der Waals surface area contributed by atoms with Gasteiger partial charge in [0.25, 0.3) is 17.7 Å². The molecule has 0 unspecified atom stereocenters. The molecule has 1 atom stereocenters. The molecule has 1 saturated heterocycles. The van der Waals surface area contributed by atoms with Gasteiger partial charge in [0.15, 0.2) is 5.69 Å². The van der Waals surface area contributed by atoms with Crippen molar-refractivity contribution in [3.63, 3.8) is 0 Å². The number of aromatic nitrogens is 2. The highest BCUT2D eigenvalue weighted by Gasteiger charge is 2.38. The monoisotopic (exact) mass is 752 g/mol. The highest BCUT2D eigenvalue weighted by atomic mass is 16.6. The van der Waals surface area contributed by atoms with Gasteiger partial charge in [-0.2, -0.15) is 0 Å². The number of fused-ring (bicyclic) bond motifs is 2. The molecule has 0 radical (unpaired) electrons. The number of imidazole rings is 1. The van der Waals surface area contributed by atoms with Gasteiger partial charge in [-0.25, -0.2) is 9.78 Å². The molecule has 4 aromatic carbocycles. The molecule has 4 heterocycles. The highest BCUT2D eigenvalue weighted by molar-refractivity contribution is 6.21. The lowest BCUT2D eigenvalue weighted by Gasteiger charge is -2.41. The van der Waals surface area contributed by atoms with Gasteiger partial charge < -0.3 is 24.2 Å². The van der Waals surface area contributed by atoms with E-state index in [4.69, 9.17) is 14.5 Å². The molecule has 12 nitrogen and oxygen atoms in total. The van der Waals surface area contributed by atoms with Gasteiger partial charge in [-0.1, -0.05) is 72.8 Å². The number of benzene rings is 4. The van der Waals surface area contributed by atoms with E-state index in [2.05, 4.69) is 4.90 Å². The molecule has 286 valence electrons. The molecule has 0 aliphatic carbocycles. The Morgan fingerprint density at radius 2 is 1.50 bits per heavy atom. The summed E-state index contributed by atoms with van der Waals surface area (Å²) in [5.74, 6) is -0.107. The normalized spacial score (nSPS) is 16.7. The van der Waals surface area contributed by atoms with Crippen molar-refractivity contribution in [1.82, 2.24) is 24.3 Å². The van der Waals surface area contributed by atoms with E-state index in [0.29, 0.717) is 74.0 Å². The molecule has 3 aliphatic heterocycles. The second-order valence-corrected chi connectivity index (χ2v) is 15.2. The van der Waals surface area contributed by atoms with Gasteiger partial charge in [0.1, 0.15) is 24.3 Å². The minimum Gasteiger partial charge on any atom is -0.490 e. The molecule has 1 aromatic heterocycles. The molecule has 0 spiro atoms. The maximum Gasteiger partial charge on any atom is 0.410 e. The van der Waals surface area contributed by atoms with Crippen molar-refractivity contribution in [2.24, 2.45) is 0 Å². The summed E-state index contributed by atoms with van der Waals surface area (Å²) in [6, 6.07) is 32.1. The van der Waals surface area contributed by atoms with Crippen LogP contribution in [0.2, 0.25) is 0 Å². The average molecular weight is 753 g/mol. The van der Waals surface area contributed by atoms with Crippen molar-refractivity contribution < 1.29 is 28.7 Å². The van der Waals surface area contributed by atoms with E-state index in [1.807, 2.05) is 109 Å². The molecule has 8 rings (SSSR count). The Kier molecular flexibility index (Phi) is 9.79. The van der Waals surface area contributed by atoms with Gasteiger partial charge >= 0.3 is 6.09 Å². The van der Waals surface area contributed by atoms with Gasteiger partial charge in [0.2, 0.25) is 0 Å². The molecule has 0 N–H and O–H groups in total. The molecule has 0 saturated carbocycles. The standard InChI is InChI=1S/C44H44N6O6/c1-44(2,3)56-43(54)47-21-22-48(33(28-47)26-30-12-6-4-7-13-30)42(53)38-39(31-14-8-5-9-15-31)50(29-45-38)32-18-19-37-36(27-32)46(24-25-55-37)20-23-49-40(51)34-16-10-11-17-35(34)41(49)52/h4-19,27,29,33H,20-26,28H2,1-3H3/t33-/m1/s1. The second-order valence-electron chi connectivity index (χ2n) is 15.2. The summed E-state index contributed by atoms with van der Waals surface area (Å²) in [4.78, 5) is 66.0. The van der Waals surface area contributed by atoms with E-state index < -0.39 is 11.7 Å². The number of ether oxygens (including phenoxy) is 2. The Labute approximate surface area is 325 Å². The largest absolute Gasteiger partial charge is 0.490 e. The topological polar surface area (TPSA) is 118 Å². The predicted octanol–water partition coefficient (Wildman–Crippen LogP) is 6.34. The smallest absolute Gasteiger partial charge is 0.410 e. The van der Waals surface area contributed by atoms with Crippen LogP contribution in [-0.4, -0.2) is 106 Å². The van der Waals surface area contributed by atoms with Crippen LogP contribution in [0.5, 0.6) is 5.75 Å². The first kappa shape index (κ1) is 36.5. The van der Waals surface area contributed by atoms with Crippen LogP contribution in [-0.2, 0) is 11.2 Å². The van der Waals surface area contributed by atoms with E-state index in [1.165, 1.54) is 4.90 Å². The molecule has 4 amide bonds. The summed E-state index contributed by atoms with van der Waals surface area (Å²) in [6.45, 7) is 8.16. The van der Waals surface area contributed by atoms with E-state index in [9.17, 15) is 19.2 Å². The number of amides is 4. The number of piperazine rings is 1. The van der Waals surface area contributed by atoms with Gasteiger partial charge in [-0.3, -0.25) is 23.9 Å². The molecule has 5 aromatic rings. The third-order valence-corrected chi connectivity index (χ3v) is 10.4. The summed E-state index contributed by atoms with van der Waals surface area (Å²) >= 11 is 0. The molecule has 0 bridgehead atoms. The third kappa shape index (κ3) is 7.22. The summed E-state index contributed by atoms with van der Waals surface area (Å²) in [7, 11) is 0. The lowest BCUT2D eigenvalue weighted by Crippen LogP contribution is -2.58. The van der Waals surface area contributed by atoms with Crippen LogP contribution in [0.4, 0.5) is 10.5 Å². The Morgan fingerprint density at radius 1 is 0.821 bits per heavy atom. The fourth-order valence-electron chi connectivity index (χ4n) is 7.69. The maximum absolute atomic E-state index is 14.8. The van der Waals surface area contributed by atoms with Crippen molar-refractivity contribution in [2.75, 3.05) is 50.8 Å². The summed E-state index contributed by atoms with van der Waals surface area (Å²) in [5, 5.41) is 0. The van der Waals surface area contributed by atoms with Crippen molar-refractivity contribution in [1.29, 1.82) is 0 Å². The maximum atomic E-state index is 14.8. The number of nitrogens with zero attached hydrogens (tertiary/aromatic N) is 6. The van der Waals surface area contributed by atoms with E-state index >= 15 is 0 Å². The number of imide groups is 1. The number of carbonyl (C=O) groups excluding carboxylic acids is 4. The molecule has 56 heavy (non-hydrogen) atoms. The van der Waals surface area contributed by atoms with Crippen LogP contribution in [0.15, 0.2) is 109 Å². The fourth-order valence-corrected chi connectivity index (χ4v) is 7.69. The quantitative estimate of drug-likeness (QED) is 0.169. The van der Waals surface area contributed by atoms with Crippen molar-refractivity contribution in [2.45, 2.75) is 38.8 Å². The van der Waals surface area contributed by atoms with Crippen LogP contribution in [0.1, 0.15) is 57.5 Å². The number of carbonyl (C=O) groups is 4. The third-order valence-electron chi connectivity index (χ3n) is 10.4. The van der Waals surface area contributed by atoms with Crippen LogP contribution in [0.3, 0.4) is 0 Å². The molecule has 1 fully saturated rings. The molecular formula is C44H44N6O6. The minimum absolute atomic E-state index is 0.223. The minimum atomic E-state index is -0.644. The fraction of sp³-hybridized carbons (Fsp3) is 0.295. The van der Waals surface area contributed by atoms with Gasteiger partial charge in [-0.05, 0) is 63.1 Å².